The highest BCUT2D eigenvalue weighted by Gasteiger charge is 2.30. The van der Waals surface area contributed by atoms with Crippen LogP contribution in [-0.4, -0.2) is 13.6 Å². The van der Waals surface area contributed by atoms with Crippen LogP contribution in [0.1, 0.15) is 23.7 Å². The molecule has 0 heterocycles. The minimum absolute atomic E-state index is 0. The molecule has 0 saturated heterocycles. The van der Waals surface area contributed by atoms with Gasteiger partial charge in [0, 0.05) is 6.42 Å². The Hall–Kier alpha value is -1.43. The number of halogens is 5. The van der Waals surface area contributed by atoms with E-state index in [0.717, 1.165) is 30.7 Å². The van der Waals surface area contributed by atoms with E-state index < -0.39 is 11.7 Å². The maximum absolute atomic E-state index is 12.6. The second-order valence-electron chi connectivity index (χ2n) is 4.93. The molecule has 0 aliphatic carbocycles. The van der Waals surface area contributed by atoms with Gasteiger partial charge in [0.05, 0.1) is 5.56 Å². The second-order valence-corrected chi connectivity index (χ2v) is 4.93. The Morgan fingerprint density at radius 1 is 0.958 bits per heavy atom. The van der Waals surface area contributed by atoms with E-state index in [1.54, 1.807) is 0 Å². The molecule has 0 spiro atoms. The monoisotopic (exact) mass is 381 g/mol. The summed E-state index contributed by atoms with van der Waals surface area (Å²) in [5.41, 5.74) is 0.323. The van der Waals surface area contributed by atoms with Crippen molar-refractivity contribution < 1.29 is 17.9 Å². The largest absolute Gasteiger partial charge is 0.486 e. The number of rotatable bonds is 6. The summed E-state index contributed by atoms with van der Waals surface area (Å²) in [5.74, 6) is 0.429. The van der Waals surface area contributed by atoms with Crippen molar-refractivity contribution in [1.29, 1.82) is 0 Å². The van der Waals surface area contributed by atoms with Gasteiger partial charge >= 0.3 is 6.18 Å². The Morgan fingerprint density at radius 3 is 2.04 bits per heavy atom. The molecular formula is C17H20Cl2F3NO. The zero-order valence-electron chi connectivity index (χ0n) is 13.0. The Kier molecular flexibility index (Phi) is 9.82. The number of hydrogen-bond acceptors (Lipinski definition) is 2. The highest BCUT2D eigenvalue weighted by molar-refractivity contribution is 5.85. The fourth-order valence-corrected chi connectivity index (χ4v) is 2.12. The lowest BCUT2D eigenvalue weighted by Gasteiger charge is -2.20. The third kappa shape index (κ3) is 6.59. The van der Waals surface area contributed by atoms with Crippen LogP contribution in [0.15, 0.2) is 54.6 Å². The Bertz CT molecular complexity index is 577. The van der Waals surface area contributed by atoms with Crippen molar-refractivity contribution in [2.75, 3.05) is 13.6 Å². The van der Waals surface area contributed by atoms with Crippen molar-refractivity contribution in [2.45, 2.75) is 18.7 Å². The molecular weight excluding hydrogens is 362 g/mol. The molecule has 0 fully saturated rings. The second kappa shape index (κ2) is 10.4. The van der Waals surface area contributed by atoms with E-state index in [4.69, 9.17) is 4.74 Å². The van der Waals surface area contributed by atoms with Gasteiger partial charge in [-0.1, -0.05) is 30.3 Å². The van der Waals surface area contributed by atoms with E-state index >= 15 is 0 Å². The van der Waals surface area contributed by atoms with E-state index in [-0.39, 0.29) is 30.9 Å². The first-order chi connectivity index (χ1) is 10.5. The van der Waals surface area contributed by atoms with E-state index in [1.807, 2.05) is 37.4 Å². The zero-order chi connectivity index (χ0) is 16.0. The van der Waals surface area contributed by atoms with Crippen LogP contribution in [0.3, 0.4) is 0 Å². The third-order valence-electron chi connectivity index (χ3n) is 3.29. The first-order valence-electron chi connectivity index (χ1n) is 7.04. The number of hydrogen-bond donors (Lipinski definition) is 1. The van der Waals surface area contributed by atoms with Crippen molar-refractivity contribution in [2.24, 2.45) is 0 Å². The van der Waals surface area contributed by atoms with E-state index in [9.17, 15) is 13.2 Å². The quantitative estimate of drug-likeness (QED) is 0.734. The van der Waals surface area contributed by atoms with Gasteiger partial charge < -0.3 is 10.1 Å². The molecule has 1 unspecified atom stereocenters. The van der Waals surface area contributed by atoms with Crippen LogP contribution in [0.4, 0.5) is 13.2 Å². The average Bonchev–Trinajstić information content (AvgIpc) is 2.52. The Morgan fingerprint density at radius 2 is 1.54 bits per heavy atom. The molecule has 2 nitrogen and oxygen atoms in total. The highest BCUT2D eigenvalue weighted by atomic mass is 35.5. The topological polar surface area (TPSA) is 21.3 Å². The molecule has 0 aliphatic heterocycles. The molecule has 24 heavy (non-hydrogen) atoms. The molecule has 2 aromatic rings. The maximum atomic E-state index is 12.6. The summed E-state index contributed by atoms with van der Waals surface area (Å²) < 4.78 is 43.6. The number of alkyl halides is 3. The predicted molar refractivity (Wildman–Crippen MR) is 94.3 cm³/mol. The Balaban J connectivity index is 0.00000264. The fraction of sp³-hybridized carbons (Fsp3) is 0.294. The first kappa shape index (κ1) is 22.6. The molecule has 0 amide bonds. The maximum Gasteiger partial charge on any atom is 0.416 e. The van der Waals surface area contributed by atoms with E-state index in [2.05, 4.69) is 5.32 Å². The minimum atomic E-state index is -4.33. The summed E-state index contributed by atoms with van der Waals surface area (Å²) in [6.45, 7) is 0.750. The molecule has 0 aliphatic rings. The summed E-state index contributed by atoms with van der Waals surface area (Å²) in [5, 5.41) is 3.05. The van der Waals surface area contributed by atoms with Gasteiger partial charge in [-0.05, 0) is 43.4 Å². The van der Waals surface area contributed by atoms with Gasteiger partial charge in [-0.25, -0.2) is 0 Å². The SMILES string of the molecule is CNCCC(Oc1ccc(C(F)(F)F)cc1)c1ccccc1.Cl.Cl. The van der Waals surface area contributed by atoms with Gasteiger partial charge in [0.2, 0.25) is 0 Å². The molecule has 1 N–H and O–H groups in total. The van der Waals surface area contributed by atoms with E-state index in [1.165, 1.54) is 12.1 Å². The standard InChI is InChI=1S/C17H18F3NO.2ClH/c1-21-12-11-16(13-5-3-2-4-6-13)22-15-9-7-14(8-10-15)17(18,19)20;;/h2-10,16,21H,11-12H2,1H3;2*1H. The summed E-state index contributed by atoms with van der Waals surface area (Å²) in [4.78, 5) is 0. The van der Waals surface area contributed by atoms with Crippen molar-refractivity contribution in [3.05, 3.63) is 65.7 Å². The van der Waals surface area contributed by atoms with Crippen LogP contribution in [-0.2, 0) is 6.18 Å². The summed E-state index contributed by atoms with van der Waals surface area (Å²) >= 11 is 0. The van der Waals surface area contributed by atoms with Crippen molar-refractivity contribution in [1.82, 2.24) is 5.32 Å². The van der Waals surface area contributed by atoms with Crippen LogP contribution < -0.4 is 10.1 Å². The lowest BCUT2D eigenvalue weighted by atomic mass is 10.1. The minimum Gasteiger partial charge on any atom is -0.486 e. The van der Waals surface area contributed by atoms with Crippen LogP contribution in [0.5, 0.6) is 5.75 Å². The van der Waals surface area contributed by atoms with Crippen molar-refractivity contribution in [3.63, 3.8) is 0 Å². The smallest absolute Gasteiger partial charge is 0.416 e. The van der Waals surface area contributed by atoms with E-state index in [0.29, 0.717) is 5.75 Å². The third-order valence-corrected chi connectivity index (χ3v) is 3.29. The molecule has 0 aromatic heterocycles. The molecule has 0 radical (unpaired) electrons. The molecule has 7 heteroatoms. The van der Waals surface area contributed by atoms with Gasteiger partial charge in [0.25, 0.3) is 0 Å². The molecule has 134 valence electrons. The van der Waals surface area contributed by atoms with Gasteiger partial charge in [0.15, 0.2) is 0 Å². The highest BCUT2D eigenvalue weighted by Crippen LogP contribution is 2.31. The van der Waals surface area contributed by atoms with Crippen molar-refractivity contribution in [3.8, 4) is 5.75 Å². The lowest BCUT2D eigenvalue weighted by molar-refractivity contribution is -0.137. The van der Waals surface area contributed by atoms with Gasteiger partial charge in [-0.15, -0.1) is 24.8 Å². The van der Waals surface area contributed by atoms with Crippen LogP contribution in [0.2, 0.25) is 0 Å². The molecule has 2 rings (SSSR count). The molecule has 1 atom stereocenters. The summed E-state index contributed by atoms with van der Waals surface area (Å²) in [6, 6.07) is 14.4. The molecule has 0 saturated carbocycles. The van der Waals surface area contributed by atoms with Crippen LogP contribution in [0, 0.1) is 0 Å². The average molecular weight is 382 g/mol. The normalized spacial score (nSPS) is 11.8. The number of nitrogens with one attached hydrogen (secondary N) is 1. The molecule has 2 aromatic carbocycles. The first-order valence-corrected chi connectivity index (χ1v) is 7.04. The van der Waals surface area contributed by atoms with Crippen LogP contribution in [0.25, 0.3) is 0 Å². The lowest BCUT2D eigenvalue weighted by Crippen LogP contribution is -2.16. The predicted octanol–water partition coefficient (Wildman–Crippen LogP) is 5.28. The van der Waals surface area contributed by atoms with Gasteiger partial charge in [-0.2, -0.15) is 13.2 Å². The zero-order valence-corrected chi connectivity index (χ0v) is 14.7. The summed E-state index contributed by atoms with van der Waals surface area (Å²) in [6.07, 6.45) is -3.81. The number of benzene rings is 2. The van der Waals surface area contributed by atoms with Crippen molar-refractivity contribution >= 4 is 24.8 Å². The van der Waals surface area contributed by atoms with Crippen LogP contribution >= 0.6 is 24.8 Å². The Labute approximate surface area is 152 Å². The number of ether oxygens (including phenoxy) is 1. The van der Waals surface area contributed by atoms with Gasteiger partial charge in [-0.3, -0.25) is 0 Å². The molecule has 0 bridgehead atoms. The van der Waals surface area contributed by atoms with Gasteiger partial charge in [0.1, 0.15) is 11.9 Å². The summed E-state index contributed by atoms with van der Waals surface area (Å²) in [7, 11) is 1.85. The fourth-order valence-electron chi connectivity index (χ4n) is 2.12.